The third kappa shape index (κ3) is 5.93. The summed E-state index contributed by atoms with van der Waals surface area (Å²) in [6, 6.07) is 11.7. The predicted molar refractivity (Wildman–Crippen MR) is 120 cm³/mol. The van der Waals surface area contributed by atoms with E-state index in [1.807, 2.05) is 48.5 Å². The summed E-state index contributed by atoms with van der Waals surface area (Å²) in [6.45, 7) is -0.0121. The van der Waals surface area contributed by atoms with E-state index in [0.29, 0.717) is 0 Å². The number of carboxylic acids is 1. The molecule has 186 valence electrons. The number of hydrogen-bond acceptors (Lipinski definition) is 4. The van der Waals surface area contributed by atoms with Crippen molar-refractivity contribution in [3.63, 3.8) is 0 Å². The molecule has 2 aromatic rings. The monoisotopic (exact) mass is 490 g/mol. The number of rotatable bonds is 9. The van der Waals surface area contributed by atoms with Gasteiger partial charge in [-0.05, 0) is 34.6 Å². The van der Waals surface area contributed by atoms with Crippen molar-refractivity contribution in [2.75, 3.05) is 6.61 Å². The number of ether oxygens (including phenoxy) is 1. The fraction of sp³-hybridized carbons (Fsp3) is 0.400. The van der Waals surface area contributed by atoms with Crippen LogP contribution in [0, 0.1) is 5.92 Å². The standard InChI is InChI=1S/C25H25F3N2O5/c26-25(27,28)21(12-22(31)32)30-23(33)20(11-14-9-10-14)29-24(34)35-13-19-17-7-3-1-5-15(17)16-6-2-4-8-18(16)19/h1-8,14,19-21H,9-13H2,(H,29,34)(H,30,33)(H,31,32). The van der Waals surface area contributed by atoms with E-state index in [2.05, 4.69) is 5.32 Å². The third-order valence-corrected chi connectivity index (χ3v) is 6.31. The van der Waals surface area contributed by atoms with Crippen LogP contribution in [0.25, 0.3) is 11.1 Å². The van der Waals surface area contributed by atoms with Crippen LogP contribution in [0.15, 0.2) is 48.5 Å². The largest absolute Gasteiger partial charge is 0.481 e. The first-order chi connectivity index (χ1) is 16.6. The van der Waals surface area contributed by atoms with Crippen LogP contribution in [0.3, 0.4) is 0 Å². The summed E-state index contributed by atoms with van der Waals surface area (Å²) in [6.07, 6.45) is -5.43. The van der Waals surface area contributed by atoms with Crippen molar-refractivity contribution in [3.05, 3.63) is 59.7 Å². The van der Waals surface area contributed by atoms with Gasteiger partial charge in [0.25, 0.3) is 0 Å². The predicted octanol–water partition coefficient (Wildman–Crippen LogP) is 4.22. The van der Waals surface area contributed by atoms with E-state index in [0.717, 1.165) is 35.1 Å². The van der Waals surface area contributed by atoms with Gasteiger partial charge >= 0.3 is 18.2 Å². The Morgan fingerprint density at radius 2 is 1.54 bits per heavy atom. The number of alkyl halides is 3. The van der Waals surface area contributed by atoms with Gasteiger partial charge in [-0.15, -0.1) is 0 Å². The molecule has 4 rings (SSSR count). The maximum absolute atomic E-state index is 13.2. The van der Waals surface area contributed by atoms with Crippen LogP contribution in [-0.2, 0) is 14.3 Å². The molecule has 3 N–H and O–H groups in total. The number of alkyl carbamates (subject to hydrolysis) is 1. The first-order valence-electron chi connectivity index (χ1n) is 11.3. The molecule has 0 aromatic heterocycles. The molecule has 0 spiro atoms. The summed E-state index contributed by atoms with van der Waals surface area (Å²) < 4.78 is 45.0. The van der Waals surface area contributed by atoms with Gasteiger partial charge in [0.2, 0.25) is 5.91 Å². The number of fused-ring (bicyclic) bond motifs is 3. The molecule has 0 heterocycles. The molecule has 2 aliphatic rings. The summed E-state index contributed by atoms with van der Waals surface area (Å²) in [7, 11) is 0. The highest BCUT2D eigenvalue weighted by Gasteiger charge is 2.43. The van der Waals surface area contributed by atoms with E-state index < -0.39 is 42.7 Å². The fourth-order valence-corrected chi connectivity index (χ4v) is 4.40. The molecule has 2 aliphatic carbocycles. The Kier molecular flexibility index (Phi) is 7.00. The van der Waals surface area contributed by atoms with Gasteiger partial charge in [0.1, 0.15) is 18.7 Å². The summed E-state index contributed by atoms with van der Waals surface area (Å²) >= 11 is 0. The first kappa shape index (κ1) is 24.6. The molecule has 7 nitrogen and oxygen atoms in total. The van der Waals surface area contributed by atoms with E-state index >= 15 is 0 Å². The Balaban J connectivity index is 1.41. The Hall–Kier alpha value is -3.56. The smallest absolute Gasteiger partial charge is 0.409 e. The molecule has 0 bridgehead atoms. The number of amides is 2. The summed E-state index contributed by atoms with van der Waals surface area (Å²) in [5.74, 6) is -2.90. The van der Waals surface area contributed by atoms with Crippen molar-refractivity contribution in [3.8, 4) is 11.1 Å². The molecule has 2 aromatic carbocycles. The Morgan fingerprint density at radius 1 is 0.971 bits per heavy atom. The van der Waals surface area contributed by atoms with Crippen molar-refractivity contribution in [2.24, 2.45) is 5.92 Å². The minimum Gasteiger partial charge on any atom is -0.481 e. The number of aliphatic carboxylic acids is 1. The van der Waals surface area contributed by atoms with E-state index in [1.165, 1.54) is 0 Å². The highest BCUT2D eigenvalue weighted by molar-refractivity contribution is 5.86. The van der Waals surface area contributed by atoms with Crippen LogP contribution in [0.1, 0.15) is 42.7 Å². The number of carbonyl (C=O) groups is 3. The Morgan fingerprint density at radius 3 is 2.06 bits per heavy atom. The molecule has 2 unspecified atom stereocenters. The number of hydrogen-bond donors (Lipinski definition) is 3. The minimum atomic E-state index is -4.94. The average molecular weight is 490 g/mol. The number of benzene rings is 2. The van der Waals surface area contributed by atoms with Gasteiger partial charge in [-0.1, -0.05) is 61.4 Å². The lowest BCUT2D eigenvalue weighted by Crippen LogP contribution is -2.54. The highest BCUT2D eigenvalue weighted by atomic mass is 19.4. The normalized spacial score (nSPS) is 16.5. The molecule has 1 fully saturated rings. The molecule has 2 atom stereocenters. The molecule has 0 aliphatic heterocycles. The Bertz CT molecular complexity index is 1070. The van der Waals surface area contributed by atoms with Crippen LogP contribution >= 0.6 is 0 Å². The van der Waals surface area contributed by atoms with Gasteiger partial charge in [-0.25, -0.2) is 4.79 Å². The molecule has 1 saturated carbocycles. The zero-order valence-electron chi connectivity index (χ0n) is 18.7. The summed E-state index contributed by atoms with van der Waals surface area (Å²) in [5, 5.41) is 12.9. The molecule has 35 heavy (non-hydrogen) atoms. The molecule has 10 heteroatoms. The fourth-order valence-electron chi connectivity index (χ4n) is 4.40. The summed E-state index contributed by atoms with van der Waals surface area (Å²) in [5.41, 5.74) is 4.07. The van der Waals surface area contributed by atoms with Crippen LogP contribution in [0.4, 0.5) is 18.0 Å². The average Bonchev–Trinajstić information content (AvgIpc) is 3.56. The molecule has 2 amide bonds. The zero-order chi connectivity index (χ0) is 25.2. The van der Waals surface area contributed by atoms with Crippen molar-refractivity contribution in [1.82, 2.24) is 10.6 Å². The lowest BCUT2D eigenvalue weighted by atomic mass is 9.98. The van der Waals surface area contributed by atoms with Crippen molar-refractivity contribution < 1.29 is 37.4 Å². The van der Waals surface area contributed by atoms with Crippen LogP contribution in [0.2, 0.25) is 0 Å². The van der Waals surface area contributed by atoms with E-state index in [4.69, 9.17) is 9.84 Å². The van der Waals surface area contributed by atoms with E-state index in [1.54, 1.807) is 5.32 Å². The summed E-state index contributed by atoms with van der Waals surface area (Å²) in [4.78, 5) is 36.0. The maximum atomic E-state index is 13.2. The van der Waals surface area contributed by atoms with Gasteiger partial charge in [0.15, 0.2) is 0 Å². The minimum absolute atomic E-state index is 0.0121. The van der Waals surface area contributed by atoms with Crippen molar-refractivity contribution >= 4 is 18.0 Å². The van der Waals surface area contributed by atoms with Crippen LogP contribution < -0.4 is 10.6 Å². The van der Waals surface area contributed by atoms with Crippen molar-refractivity contribution in [2.45, 2.75) is 49.9 Å². The first-order valence-corrected chi connectivity index (χ1v) is 11.3. The zero-order valence-corrected chi connectivity index (χ0v) is 18.7. The van der Waals surface area contributed by atoms with Crippen molar-refractivity contribution in [1.29, 1.82) is 0 Å². The lowest BCUT2D eigenvalue weighted by molar-refractivity contribution is -0.170. The van der Waals surface area contributed by atoms with Gasteiger partial charge in [0.05, 0.1) is 6.42 Å². The van der Waals surface area contributed by atoms with Gasteiger partial charge in [0, 0.05) is 5.92 Å². The Labute approximate surface area is 199 Å². The number of carbonyl (C=O) groups excluding carboxylic acids is 2. The second-order valence-corrected chi connectivity index (χ2v) is 8.90. The molecule has 0 radical (unpaired) electrons. The number of carboxylic acid groups (broad SMARTS) is 1. The van der Waals surface area contributed by atoms with E-state index in [9.17, 15) is 27.6 Å². The van der Waals surface area contributed by atoms with E-state index in [-0.39, 0.29) is 24.9 Å². The van der Waals surface area contributed by atoms with Crippen LogP contribution in [-0.4, -0.2) is 47.9 Å². The third-order valence-electron chi connectivity index (χ3n) is 6.31. The second kappa shape index (κ2) is 9.97. The van der Waals surface area contributed by atoms with Gasteiger partial charge < -0.3 is 20.5 Å². The van der Waals surface area contributed by atoms with Crippen LogP contribution in [0.5, 0.6) is 0 Å². The highest BCUT2D eigenvalue weighted by Crippen LogP contribution is 2.44. The van der Waals surface area contributed by atoms with Gasteiger partial charge in [-0.2, -0.15) is 13.2 Å². The molecule has 0 saturated heterocycles. The SMILES string of the molecule is O=C(O)CC(NC(=O)C(CC1CC1)NC(=O)OCC1c2ccccc2-c2ccccc21)C(F)(F)F. The molecular formula is C25H25F3N2O5. The quantitative estimate of drug-likeness (QED) is 0.488. The maximum Gasteiger partial charge on any atom is 0.409 e. The molecular weight excluding hydrogens is 465 g/mol. The number of halogens is 3. The topological polar surface area (TPSA) is 105 Å². The second-order valence-electron chi connectivity index (χ2n) is 8.90. The van der Waals surface area contributed by atoms with Gasteiger partial charge in [-0.3, -0.25) is 9.59 Å². The number of nitrogens with one attached hydrogen (secondary N) is 2. The lowest BCUT2D eigenvalue weighted by Gasteiger charge is -2.24.